The van der Waals surface area contributed by atoms with Crippen LogP contribution < -0.4 is 10.1 Å². The van der Waals surface area contributed by atoms with Gasteiger partial charge in [-0.15, -0.1) is 10.2 Å². The molecule has 1 aromatic heterocycles. The molecule has 0 aliphatic heterocycles. The second-order valence-electron chi connectivity index (χ2n) is 6.04. The molecule has 7 nitrogen and oxygen atoms in total. The number of hydrogen-bond donors (Lipinski definition) is 2. The molecule has 1 fully saturated rings. The van der Waals surface area contributed by atoms with Gasteiger partial charge in [0.1, 0.15) is 10.8 Å². The number of carboxylic acid groups (broad SMARTS) is 1. The Kier molecular flexibility index (Phi) is 5.28. The van der Waals surface area contributed by atoms with E-state index in [4.69, 9.17) is 9.84 Å². The molecular weight excluding hydrogens is 342 g/mol. The molecule has 3 rings (SSSR count). The minimum absolute atomic E-state index is 0.0664. The number of rotatable bonds is 8. The highest BCUT2D eigenvalue weighted by atomic mass is 32.1. The van der Waals surface area contributed by atoms with Crippen LogP contribution in [0, 0.1) is 0 Å². The lowest BCUT2D eigenvalue weighted by Gasteiger charge is -2.15. The summed E-state index contributed by atoms with van der Waals surface area (Å²) < 4.78 is 5.11. The molecule has 0 spiro atoms. The molecule has 132 valence electrons. The predicted molar refractivity (Wildman–Crippen MR) is 93.1 cm³/mol. The summed E-state index contributed by atoms with van der Waals surface area (Å²) >= 11 is 1.39. The largest absolute Gasteiger partial charge is 0.497 e. The van der Waals surface area contributed by atoms with E-state index in [9.17, 15) is 9.59 Å². The van der Waals surface area contributed by atoms with E-state index in [1.54, 1.807) is 31.4 Å². The maximum absolute atomic E-state index is 12.3. The predicted octanol–water partition coefficient (Wildman–Crippen LogP) is 3.01. The summed E-state index contributed by atoms with van der Waals surface area (Å²) in [6.45, 7) is 0. The molecule has 1 saturated carbocycles. The summed E-state index contributed by atoms with van der Waals surface area (Å²) in [6, 6.07) is 7.09. The number of nitrogens with zero attached hydrogens (tertiary/aromatic N) is 2. The first kappa shape index (κ1) is 17.3. The summed E-state index contributed by atoms with van der Waals surface area (Å²) in [5.41, 5.74) is 0.786. The number of aromatic nitrogens is 2. The van der Waals surface area contributed by atoms with E-state index in [0.29, 0.717) is 16.8 Å². The lowest BCUT2D eigenvalue weighted by atomic mass is 9.92. The fourth-order valence-corrected chi connectivity index (χ4v) is 3.50. The Morgan fingerprint density at radius 2 is 2.00 bits per heavy atom. The van der Waals surface area contributed by atoms with Crippen molar-refractivity contribution in [3.05, 3.63) is 34.8 Å². The van der Waals surface area contributed by atoms with Crippen molar-refractivity contribution in [1.82, 2.24) is 10.2 Å². The summed E-state index contributed by atoms with van der Waals surface area (Å²) in [5, 5.41) is 21.4. The van der Waals surface area contributed by atoms with Gasteiger partial charge in [0.05, 0.1) is 13.5 Å². The van der Waals surface area contributed by atoms with Gasteiger partial charge < -0.3 is 15.2 Å². The Hall–Kier alpha value is -2.48. The van der Waals surface area contributed by atoms with Crippen LogP contribution in [0.3, 0.4) is 0 Å². The van der Waals surface area contributed by atoms with Gasteiger partial charge in [-0.25, -0.2) is 0 Å². The zero-order chi connectivity index (χ0) is 17.8. The number of amides is 1. The molecule has 1 aliphatic rings. The quantitative estimate of drug-likeness (QED) is 0.749. The second kappa shape index (κ2) is 7.60. The Labute approximate surface area is 149 Å². The van der Waals surface area contributed by atoms with Crippen LogP contribution in [0.25, 0.3) is 0 Å². The monoisotopic (exact) mass is 361 g/mol. The third kappa shape index (κ3) is 4.76. The molecule has 1 unspecified atom stereocenters. The average Bonchev–Trinajstić information content (AvgIpc) is 3.34. The zero-order valence-corrected chi connectivity index (χ0v) is 14.6. The zero-order valence-electron chi connectivity index (χ0n) is 13.8. The first-order valence-electron chi connectivity index (χ1n) is 8.04. The number of aliphatic carboxylic acids is 1. The van der Waals surface area contributed by atoms with Crippen LogP contribution in [0.1, 0.15) is 48.1 Å². The SMILES string of the molecule is COc1ccc(C(CC(=O)O)CC(=O)Nc2nnc(C3CC3)s2)cc1. The third-order valence-corrected chi connectivity index (χ3v) is 5.05. The Bertz CT molecular complexity index is 756. The first-order chi connectivity index (χ1) is 12.0. The van der Waals surface area contributed by atoms with Crippen LogP contribution in [0.2, 0.25) is 0 Å². The Morgan fingerprint density at radius 1 is 1.28 bits per heavy atom. The molecule has 0 radical (unpaired) electrons. The number of carboxylic acids is 1. The van der Waals surface area contributed by atoms with Crippen molar-refractivity contribution in [1.29, 1.82) is 0 Å². The number of hydrogen-bond acceptors (Lipinski definition) is 6. The van der Waals surface area contributed by atoms with Gasteiger partial charge in [-0.2, -0.15) is 0 Å². The summed E-state index contributed by atoms with van der Waals surface area (Å²) in [5.74, 6) is -0.453. The van der Waals surface area contributed by atoms with Crippen molar-refractivity contribution in [3.8, 4) is 5.75 Å². The lowest BCUT2D eigenvalue weighted by molar-refractivity contribution is -0.137. The molecule has 1 heterocycles. The molecule has 25 heavy (non-hydrogen) atoms. The van der Waals surface area contributed by atoms with Gasteiger partial charge in [0.2, 0.25) is 11.0 Å². The van der Waals surface area contributed by atoms with Gasteiger partial charge in [-0.3, -0.25) is 9.59 Å². The van der Waals surface area contributed by atoms with Crippen LogP contribution >= 0.6 is 11.3 Å². The summed E-state index contributed by atoms with van der Waals surface area (Å²) in [7, 11) is 1.56. The van der Waals surface area contributed by atoms with Gasteiger partial charge in [-0.05, 0) is 30.5 Å². The average molecular weight is 361 g/mol. The highest BCUT2D eigenvalue weighted by Crippen LogP contribution is 2.42. The van der Waals surface area contributed by atoms with Crippen molar-refractivity contribution in [2.24, 2.45) is 0 Å². The maximum Gasteiger partial charge on any atom is 0.303 e. The number of ether oxygens (including phenoxy) is 1. The second-order valence-corrected chi connectivity index (χ2v) is 7.05. The van der Waals surface area contributed by atoms with Crippen LogP contribution in [-0.2, 0) is 9.59 Å². The van der Waals surface area contributed by atoms with Crippen molar-refractivity contribution >= 4 is 28.3 Å². The highest BCUT2D eigenvalue weighted by molar-refractivity contribution is 7.15. The molecule has 1 aliphatic carbocycles. The third-order valence-electron chi connectivity index (χ3n) is 4.05. The molecule has 2 aromatic rings. The maximum atomic E-state index is 12.3. The van der Waals surface area contributed by atoms with E-state index in [0.717, 1.165) is 23.4 Å². The summed E-state index contributed by atoms with van der Waals surface area (Å²) in [4.78, 5) is 23.5. The van der Waals surface area contributed by atoms with E-state index in [1.165, 1.54) is 11.3 Å². The van der Waals surface area contributed by atoms with E-state index in [1.807, 2.05) is 0 Å². The molecule has 8 heteroatoms. The minimum atomic E-state index is -0.944. The van der Waals surface area contributed by atoms with E-state index >= 15 is 0 Å². The van der Waals surface area contributed by atoms with Crippen LogP contribution in [-0.4, -0.2) is 34.3 Å². The topological polar surface area (TPSA) is 101 Å². The van der Waals surface area contributed by atoms with E-state index in [-0.39, 0.29) is 18.7 Å². The Balaban J connectivity index is 1.65. The molecule has 1 atom stereocenters. The number of benzene rings is 1. The van der Waals surface area contributed by atoms with Gasteiger partial charge in [0.15, 0.2) is 0 Å². The number of carbonyl (C=O) groups is 2. The number of carbonyl (C=O) groups excluding carboxylic acids is 1. The first-order valence-corrected chi connectivity index (χ1v) is 8.86. The molecule has 1 amide bonds. The van der Waals surface area contributed by atoms with Crippen molar-refractivity contribution in [2.45, 2.75) is 37.5 Å². The lowest BCUT2D eigenvalue weighted by Crippen LogP contribution is -2.17. The Morgan fingerprint density at radius 3 is 2.60 bits per heavy atom. The van der Waals surface area contributed by atoms with Crippen molar-refractivity contribution < 1.29 is 19.4 Å². The molecular formula is C17H19N3O4S. The van der Waals surface area contributed by atoms with Gasteiger partial charge in [0, 0.05) is 18.3 Å². The van der Waals surface area contributed by atoms with Crippen LogP contribution in [0.4, 0.5) is 5.13 Å². The van der Waals surface area contributed by atoms with Crippen molar-refractivity contribution in [3.63, 3.8) is 0 Å². The van der Waals surface area contributed by atoms with Gasteiger partial charge in [-0.1, -0.05) is 23.5 Å². The standard InChI is InChI=1S/C17H19N3O4S/c1-24-13-6-4-10(5-7-13)12(9-15(22)23)8-14(21)18-17-20-19-16(25-17)11-2-3-11/h4-7,11-12H,2-3,8-9H2,1H3,(H,22,23)(H,18,20,21). The molecule has 2 N–H and O–H groups in total. The smallest absolute Gasteiger partial charge is 0.303 e. The van der Waals surface area contributed by atoms with E-state index < -0.39 is 11.9 Å². The van der Waals surface area contributed by atoms with Gasteiger partial charge >= 0.3 is 5.97 Å². The molecule has 1 aromatic carbocycles. The number of anilines is 1. The fraction of sp³-hybridized carbons (Fsp3) is 0.412. The molecule has 0 saturated heterocycles. The van der Waals surface area contributed by atoms with Gasteiger partial charge in [0.25, 0.3) is 0 Å². The highest BCUT2D eigenvalue weighted by Gasteiger charge is 2.28. The minimum Gasteiger partial charge on any atom is -0.497 e. The fourth-order valence-electron chi connectivity index (χ4n) is 2.57. The molecule has 0 bridgehead atoms. The number of nitrogens with one attached hydrogen (secondary N) is 1. The number of methoxy groups -OCH3 is 1. The van der Waals surface area contributed by atoms with Crippen LogP contribution in [0.5, 0.6) is 5.75 Å². The van der Waals surface area contributed by atoms with Crippen LogP contribution in [0.15, 0.2) is 24.3 Å². The van der Waals surface area contributed by atoms with E-state index in [2.05, 4.69) is 15.5 Å². The normalized spacial score (nSPS) is 14.8. The summed E-state index contributed by atoms with van der Waals surface area (Å²) in [6.07, 6.45) is 2.20. The van der Waals surface area contributed by atoms with Crippen molar-refractivity contribution in [2.75, 3.05) is 12.4 Å².